The van der Waals surface area contributed by atoms with E-state index in [1.165, 1.54) is 276 Å². The maximum absolute atomic E-state index is 12.4. The first-order valence-electron chi connectivity index (χ1n) is 31.1. The molecule has 0 aromatic rings. The van der Waals surface area contributed by atoms with E-state index in [1.807, 2.05) is 6.08 Å². The van der Waals surface area contributed by atoms with Crippen LogP contribution in [0.4, 0.5) is 0 Å². The molecule has 0 aliphatic rings. The van der Waals surface area contributed by atoms with E-state index in [0.717, 1.165) is 38.5 Å². The van der Waals surface area contributed by atoms with Crippen molar-refractivity contribution < 1.29 is 24.5 Å². The number of aliphatic hydroxyl groups excluding tert-OH is 2. The summed E-state index contributed by atoms with van der Waals surface area (Å²) in [6, 6.07) is -0.625. The minimum absolute atomic E-state index is 0.0185. The molecule has 0 spiro atoms. The summed E-state index contributed by atoms with van der Waals surface area (Å²) in [6.45, 7) is 4.90. The SMILES string of the molecule is CCCCCCCCC/C=C/C(O)C(CO)NC(=O)CCCCCCCCCCCCCC/C=C\CCCCCCCCCCCCCCOC(=O)CCCCCCCCCCCCCCCCC. The van der Waals surface area contributed by atoms with Crippen molar-refractivity contribution in [2.24, 2.45) is 0 Å². The predicted molar refractivity (Wildman–Crippen MR) is 301 cm³/mol. The van der Waals surface area contributed by atoms with Crippen LogP contribution < -0.4 is 5.32 Å². The fourth-order valence-electron chi connectivity index (χ4n) is 9.69. The topological polar surface area (TPSA) is 95.9 Å². The summed E-state index contributed by atoms with van der Waals surface area (Å²) in [5.41, 5.74) is 0. The van der Waals surface area contributed by atoms with E-state index in [4.69, 9.17) is 4.74 Å². The van der Waals surface area contributed by atoms with Crippen molar-refractivity contribution >= 4 is 11.9 Å². The summed E-state index contributed by atoms with van der Waals surface area (Å²) in [5.74, 6) is -0.0513. The maximum atomic E-state index is 12.4. The van der Waals surface area contributed by atoms with Crippen LogP contribution in [0, 0.1) is 0 Å². The quantitative estimate of drug-likeness (QED) is 0.0321. The van der Waals surface area contributed by atoms with Gasteiger partial charge in [0.25, 0.3) is 0 Å². The molecule has 408 valence electrons. The summed E-state index contributed by atoms with van der Waals surface area (Å²) < 4.78 is 5.49. The van der Waals surface area contributed by atoms with E-state index in [9.17, 15) is 19.8 Å². The summed E-state index contributed by atoms with van der Waals surface area (Å²) >= 11 is 0. The number of hydrogen-bond donors (Lipinski definition) is 3. The third-order valence-electron chi connectivity index (χ3n) is 14.5. The number of ether oxygens (including phenoxy) is 1. The van der Waals surface area contributed by atoms with E-state index in [0.29, 0.717) is 19.4 Å². The molecule has 0 aromatic carbocycles. The van der Waals surface area contributed by atoms with Crippen molar-refractivity contribution in [3.63, 3.8) is 0 Å². The minimum Gasteiger partial charge on any atom is -0.466 e. The standard InChI is InChI=1S/C63H121NO5/c1-3-5-7-9-11-13-14-15-30-34-37-41-45-49-53-57-63(68)69-58-54-50-46-42-38-35-32-29-27-25-23-21-19-17-16-18-20-22-24-26-28-31-33-36-40-44-48-52-56-62(67)64-60(59-65)61(66)55-51-47-43-39-12-10-8-6-4-2/h16-17,51,55,60-61,65-66H,3-15,18-50,52-54,56-59H2,1-2H3,(H,64,67)/b17-16-,55-51+. The van der Waals surface area contributed by atoms with Gasteiger partial charge in [-0.15, -0.1) is 0 Å². The zero-order valence-corrected chi connectivity index (χ0v) is 46.6. The van der Waals surface area contributed by atoms with E-state index in [1.54, 1.807) is 6.08 Å². The second-order valence-corrected chi connectivity index (χ2v) is 21.4. The van der Waals surface area contributed by atoms with E-state index >= 15 is 0 Å². The van der Waals surface area contributed by atoms with Crippen LogP contribution in [0.15, 0.2) is 24.3 Å². The average Bonchev–Trinajstić information content (AvgIpc) is 3.35. The second-order valence-electron chi connectivity index (χ2n) is 21.4. The molecule has 0 saturated carbocycles. The van der Waals surface area contributed by atoms with Crippen LogP contribution in [-0.4, -0.2) is 47.4 Å². The summed E-state index contributed by atoms with van der Waals surface area (Å²) in [7, 11) is 0. The summed E-state index contributed by atoms with van der Waals surface area (Å²) in [6.07, 6.45) is 72.4. The summed E-state index contributed by atoms with van der Waals surface area (Å²) in [5, 5.41) is 22.9. The van der Waals surface area contributed by atoms with Gasteiger partial charge in [-0.3, -0.25) is 9.59 Å². The van der Waals surface area contributed by atoms with Gasteiger partial charge >= 0.3 is 5.97 Å². The fourth-order valence-corrected chi connectivity index (χ4v) is 9.69. The fraction of sp³-hybridized carbons (Fsp3) is 0.905. The van der Waals surface area contributed by atoms with Crippen molar-refractivity contribution in [2.45, 2.75) is 353 Å². The number of aliphatic hydroxyl groups is 2. The van der Waals surface area contributed by atoms with E-state index in [-0.39, 0.29) is 18.5 Å². The number of esters is 1. The Bertz CT molecular complexity index is 1080. The van der Waals surface area contributed by atoms with Crippen molar-refractivity contribution in [1.82, 2.24) is 5.32 Å². The first kappa shape index (κ1) is 67.3. The smallest absolute Gasteiger partial charge is 0.305 e. The first-order valence-corrected chi connectivity index (χ1v) is 31.1. The molecule has 3 N–H and O–H groups in total. The number of amides is 1. The number of carbonyl (C=O) groups is 2. The van der Waals surface area contributed by atoms with Crippen molar-refractivity contribution in [1.29, 1.82) is 0 Å². The third kappa shape index (κ3) is 55.5. The van der Waals surface area contributed by atoms with Gasteiger partial charge in [0.1, 0.15) is 0 Å². The van der Waals surface area contributed by atoms with Gasteiger partial charge < -0.3 is 20.3 Å². The van der Waals surface area contributed by atoms with Gasteiger partial charge in [0, 0.05) is 12.8 Å². The van der Waals surface area contributed by atoms with Gasteiger partial charge in [-0.2, -0.15) is 0 Å². The molecule has 2 atom stereocenters. The molecule has 0 aromatic heterocycles. The van der Waals surface area contributed by atoms with Crippen molar-refractivity contribution in [2.75, 3.05) is 13.2 Å². The average molecular weight is 973 g/mol. The highest BCUT2D eigenvalue weighted by Crippen LogP contribution is 2.17. The van der Waals surface area contributed by atoms with Crippen molar-refractivity contribution in [3.8, 4) is 0 Å². The van der Waals surface area contributed by atoms with E-state index in [2.05, 4.69) is 31.3 Å². The Labute approximate surface area is 431 Å². The lowest BCUT2D eigenvalue weighted by Gasteiger charge is -2.20. The molecule has 2 unspecified atom stereocenters. The molecule has 6 heteroatoms. The Balaban J connectivity index is 3.34. The van der Waals surface area contributed by atoms with Crippen LogP contribution >= 0.6 is 0 Å². The molecule has 6 nitrogen and oxygen atoms in total. The lowest BCUT2D eigenvalue weighted by molar-refractivity contribution is -0.143. The summed E-state index contributed by atoms with van der Waals surface area (Å²) in [4.78, 5) is 24.4. The van der Waals surface area contributed by atoms with Gasteiger partial charge in [-0.25, -0.2) is 0 Å². The van der Waals surface area contributed by atoms with Gasteiger partial charge in [-0.05, 0) is 57.8 Å². The lowest BCUT2D eigenvalue weighted by Crippen LogP contribution is -2.45. The molecule has 0 fully saturated rings. The Kier molecular flexibility index (Phi) is 57.5. The minimum atomic E-state index is -0.841. The third-order valence-corrected chi connectivity index (χ3v) is 14.5. The van der Waals surface area contributed by atoms with Crippen LogP contribution in [0.2, 0.25) is 0 Å². The highest BCUT2D eigenvalue weighted by Gasteiger charge is 2.18. The Morgan fingerprint density at radius 3 is 1.03 bits per heavy atom. The Morgan fingerprint density at radius 2 is 0.681 bits per heavy atom. The largest absolute Gasteiger partial charge is 0.466 e. The molecule has 0 aliphatic carbocycles. The number of unbranched alkanes of at least 4 members (excludes halogenated alkanes) is 45. The Morgan fingerprint density at radius 1 is 0.391 bits per heavy atom. The number of carbonyl (C=O) groups excluding carboxylic acids is 2. The van der Waals surface area contributed by atoms with Gasteiger partial charge in [-0.1, -0.05) is 295 Å². The molecule has 0 aliphatic heterocycles. The molecule has 0 bridgehead atoms. The molecule has 69 heavy (non-hydrogen) atoms. The zero-order chi connectivity index (χ0) is 50.0. The first-order chi connectivity index (χ1) is 34.0. The number of nitrogens with one attached hydrogen (secondary N) is 1. The van der Waals surface area contributed by atoms with E-state index < -0.39 is 12.1 Å². The monoisotopic (exact) mass is 972 g/mol. The van der Waals surface area contributed by atoms with Crippen molar-refractivity contribution in [3.05, 3.63) is 24.3 Å². The van der Waals surface area contributed by atoms with Crippen LogP contribution in [0.1, 0.15) is 341 Å². The Hall–Kier alpha value is -1.66. The molecule has 0 rings (SSSR count). The normalized spacial score (nSPS) is 12.7. The highest BCUT2D eigenvalue weighted by atomic mass is 16.5. The highest BCUT2D eigenvalue weighted by molar-refractivity contribution is 5.76. The van der Waals surface area contributed by atoms with Crippen LogP contribution in [0.25, 0.3) is 0 Å². The number of rotatable bonds is 58. The van der Waals surface area contributed by atoms with Crippen LogP contribution in [0.3, 0.4) is 0 Å². The zero-order valence-electron chi connectivity index (χ0n) is 46.6. The molecule has 1 amide bonds. The van der Waals surface area contributed by atoms with Gasteiger partial charge in [0.05, 0.1) is 25.4 Å². The van der Waals surface area contributed by atoms with Crippen LogP contribution in [-0.2, 0) is 14.3 Å². The molecule has 0 radical (unpaired) electrons. The number of allylic oxidation sites excluding steroid dienone is 3. The van der Waals surface area contributed by atoms with Gasteiger partial charge in [0.2, 0.25) is 5.91 Å². The molecule has 0 heterocycles. The predicted octanol–water partition coefficient (Wildman–Crippen LogP) is 19.4. The van der Waals surface area contributed by atoms with Gasteiger partial charge in [0.15, 0.2) is 0 Å². The molecular weight excluding hydrogens is 851 g/mol. The molecular formula is C63H121NO5. The lowest BCUT2D eigenvalue weighted by atomic mass is 10.0. The van der Waals surface area contributed by atoms with Crippen LogP contribution in [0.5, 0.6) is 0 Å². The maximum Gasteiger partial charge on any atom is 0.305 e. The number of hydrogen-bond acceptors (Lipinski definition) is 5. The molecule has 0 saturated heterocycles. The second kappa shape index (κ2) is 58.9.